The number of nitrogens with zero attached hydrogens (tertiary/aromatic N) is 1. The summed E-state index contributed by atoms with van der Waals surface area (Å²) in [6.45, 7) is 2.58. The molecule has 2 N–H and O–H groups in total. The van der Waals surface area contributed by atoms with Crippen molar-refractivity contribution < 1.29 is 17.9 Å². The van der Waals surface area contributed by atoms with Crippen molar-refractivity contribution in [3.8, 4) is 5.75 Å². The third-order valence-electron chi connectivity index (χ3n) is 5.94. The van der Waals surface area contributed by atoms with Crippen molar-refractivity contribution in [2.24, 2.45) is 0 Å². The molecule has 40 heavy (non-hydrogen) atoms. The fourth-order valence-corrected chi connectivity index (χ4v) is 6.12. The third-order valence-corrected chi connectivity index (χ3v) is 8.68. The number of carbonyl (C=O) groups is 1. The smallest absolute Gasteiger partial charge is 0.264 e. The zero-order valence-electron chi connectivity index (χ0n) is 21.7. The number of anilines is 2. The van der Waals surface area contributed by atoms with Crippen molar-refractivity contribution in [1.82, 2.24) is 5.32 Å². The summed E-state index contributed by atoms with van der Waals surface area (Å²) in [5.41, 5.74) is 2.71. The largest absolute Gasteiger partial charge is 0.492 e. The maximum Gasteiger partial charge on any atom is 0.264 e. The van der Waals surface area contributed by atoms with Crippen LogP contribution in [0.15, 0.2) is 112 Å². The summed E-state index contributed by atoms with van der Waals surface area (Å²) in [5.74, 6) is 0.242. The van der Waals surface area contributed by atoms with Gasteiger partial charge >= 0.3 is 0 Å². The first-order chi connectivity index (χ1) is 19.3. The van der Waals surface area contributed by atoms with Crippen LogP contribution in [0, 0.1) is 0 Å². The van der Waals surface area contributed by atoms with Gasteiger partial charge in [-0.05, 0) is 95.2 Å². The SMILES string of the molecule is CCN(c1ccccc1)S(=O)(=O)c1ccc(NC(=S)NC(=O)c2ccc(OCCc3ccccc3)c(Br)c2)cc1. The van der Waals surface area contributed by atoms with Gasteiger partial charge in [0.25, 0.3) is 15.9 Å². The van der Waals surface area contributed by atoms with E-state index in [1.165, 1.54) is 22.0 Å². The lowest BCUT2D eigenvalue weighted by atomic mass is 10.2. The Labute approximate surface area is 248 Å². The van der Waals surface area contributed by atoms with Crippen molar-refractivity contribution >= 4 is 60.6 Å². The first-order valence-electron chi connectivity index (χ1n) is 12.5. The summed E-state index contributed by atoms with van der Waals surface area (Å²) in [5, 5.41) is 5.65. The zero-order chi connectivity index (χ0) is 28.5. The van der Waals surface area contributed by atoms with Crippen LogP contribution >= 0.6 is 28.1 Å². The number of amides is 1. The number of ether oxygens (including phenoxy) is 1. The number of halogens is 1. The van der Waals surface area contributed by atoms with Crippen molar-refractivity contribution in [2.45, 2.75) is 18.2 Å². The fraction of sp³-hybridized carbons (Fsp3) is 0.133. The lowest BCUT2D eigenvalue weighted by Crippen LogP contribution is -2.34. The summed E-state index contributed by atoms with van der Waals surface area (Å²) < 4.78 is 34.2. The van der Waals surface area contributed by atoms with E-state index in [1.54, 1.807) is 61.5 Å². The standard InChI is InChI=1S/C30H28BrN3O4S2/c1-2-34(25-11-7-4-8-12-25)40(36,37)26-16-14-24(15-17-26)32-30(39)33-29(35)23-13-18-28(27(31)21-23)38-20-19-22-9-5-3-6-10-22/h3-18,21H,2,19-20H2,1H3,(H2,32,33,35,39). The lowest BCUT2D eigenvalue weighted by molar-refractivity contribution is 0.0977. The van der Waals surface area contributed by atoms with E-state index in [1.807, 2.05) is 36.4 Å². The molecule has 0 unspecified atom stereocenters. The Balaban J connectivity index is 1.33. The van der Waals surface area contributed by atoms with Gasteiger partial charge in [0, 0.05) is 24.2 Å². The van der Waals surface area contributed by atoms with Gasteiger partial charge in [0.05, 0.1) is 21.7 Å². The zero-order valence-corrected chi connectivity index (χ0v) is 24.9. The Kier molecular flexibility index (Phi) is 9.92. The van der Waals surface area contributed by atoms with E-state index in [0.717, 1.165) is 6.42 Å². The molecule has 0 aliphatic carbocycles. The van der Waals surface area contributed by atoms with Crippen LogP contribution < -0.4 is 19.7 Å². The van der Waals surface area contributed by atoms with E-state index in [-0.39, 0.29) is 10.0 Å². The Hall–Kier alpha value is -3.73. The van der Waals surface area contributed by atoms with Gasteiger partial charge in [-0.2, -0.15) is 0 Å². The molecule has 0 saturated carbocycles. The van der Waals surface area contributed by atoms with E-state index >= 15 is 0 Å². The predicted molar refractivity (Wildman–Crippen MR) is 167 cm³/mol. The highest BCUT2D eigenvalue weighted by atomic mass is 79.9. The highest BCUT2D eigenvalue weighted by Gasteiger charge is 2.23. The highest BCUT2D eigenvalue weighted by Crippen LogP contribution is 2.27. The molecule has 0 aliphatic heterocycles. The number of para-hydroxylation sites is 1. The Bertz CT molecular complexity index is 1570. The molecule has 4 aromatic rings. The Morgan fingerprint density at radius 3 is 2.20 bits per heavy atom. The topological polar surface area (TPSA) is 87.7 Å². The summed E-state index contributed by atoms with van der Waals surface area (Å²) in [6.07, 6.45) is 0.770. The second-order valence-corrected chi connectivity index (χ2v) is 11.8. The van der Waals surface area contributed by atoms with Gasteiger partial charge < -0.3 is 10.1 Å². The van der Waals surface area contributed by atoms with E-state index < -0.39 is 15.9 Å². The monoisotopic (exact) mass is 637 g/mol. The van der Waals surface area contributed by atoms with Gasteiger partial charge in [0.15, 0.2) is 5.11 Å². The molecule has 0 aliphatic rings. The second kappa shape index (κ2) is 13.6. The maximum atomic E-state index is 13.2. The van der Waals surface area contributed by atoms with Gasteiger partial charge in [0.1, 0.15) is 5.75 Å². The van der Waals surface area contributed by atoms with Gasteiger partial charge in [-0.1, -0.05) is 48.5 Å². The Morgan fingerprint density at radius 2 is 1.57 bits per heavy atom. The molecule has 4 aromatic carbocycles. The predicted octanol–water partition coefficient (Wildman–Crippen LogP) is 6.41. The van der Waals surface area contributed by atoms with Gasteiger partial charge in [-0.15, -0.1) is 0 Å². The van der Waals surface area contributed by atoms with Crippen LogP contribution in [0.3, 0.4) is 0 Å². The molecular formula is C30H28BrN3O4S2. The quantitative estimate of drug-likeness (QED) is 0.195. The summed E-state index contributed by atoms with van der Waals surface area (Å²) in [6, 6.07) is 30.2. The van der Waals surface area contributed by atoms with Crippen LogP contribution in [0.4, 0.5) is 11.4 Å². The van der Waals surface area contributed by atoms with Crippen molar-refractivity contribution in [3.63, 3.8) is 0 Å². The minimum atomic E-state index is -3.74. The molecular weight excluding hydrogens is 610 g/mol. The molecule has 0 radical (unpaired) electrons. The minimum absolute atomic E-state index is 0.0828. The van der Waals surface area contributed by atoms with Crippen LogP contribution in [0.5, 0.6) is 5.75 Å². The van der Waals surface area contributed by atoms with E-state index in [4.69, 9.17) is 17.0 Å². The van der Waals surface area contributed by atoms with E-state index in [2.05, 4.69) is 26.6 Å². The summed E-state index contributed by atoms with van der Waals surface area (Å²) in [7, 11) is -3.74. The first-order valence-corrected chi connectivity index (χ1v) is 15.2. The highest BCUT2D eigenvalue weighted by molar-refractivity contribution is 9.10. The maximum absolute atomic E-state index is 13.2. The van der Waals surface area contributed by atoms with Crippen LogP contribution in [0.2, 0.25) is 0 Å². The summed E-state index contributed by atoms with van der Waals surface area (Å²) in [4.78, 5) is 12.9. The number of rotatable bonds is 10. The number of thiocarbonyl (C=S) groups is 1. The third kappa shape index (κ3) is 7.47. The molecule has 0 spiro atoms. The molecule has 0 heterocycles. The second-order valence-electron chi connectivity index (χ2n) is 8.67. The molecule has 0 atom stereocenters. The van der Waals surface area contributed by atoms with E-state index in [0.29, 0.717) is 40.3 Å². The van der Waals surface area contributed by atoms with Crippen LogP contribution in [0.1, 0.15) is 22.8 Å². The van der Waals surface area contributed by atoms with Crippen molar-refractivity contribution in [2.75, 3.05) is 22.8 Å². The lowest BCUT2D eigenvalue weighted by Gasteiger charge is -2.23. The molecule has 206 valence electrons. The van der Waals surface area contributed by atoms with Crippen LogP contribution in [0.25, 0.3) is 0 Å². The summed E-state index contributed by atoms with van der Waals surface area (Å²) >= 11 is 8.77. The molecule has 4 rings (SSSR count). The molecule has 10 heteroatoms. The number of nitrogens with one attached hydrogen (secondary N) is 2. The van der Waals surface area contributed by atoms with Gasteiger partial charge in [-0.25, -0.2) is 8.42 Å². The van der Waals surface area contributed by atoms with Crippen LogP contribution in [-0.2, 0) is 16.4 Å². The number of sulfonamides is 1. The number of carbonyl (C=O) groups excluding carboxylic acids is 1. The molecule has 1 amide bonds. The van der Waals surface area contributed by atoms with Gasteiger partial charge in [-0.3, -0.25) is 14.4 Å². The van der Waals surface area contributed by atoms with Gasteiger partial charge in [0.2, 0.25) is 0 Å². The number of hydrogen-bond acceptors (Lipinski definition) is 5. The number of hydrogen-bond donors (Lipinski definition) is 2. The number of benzene rings is 4. The molecule has 0 aromatic heterocycles. The molecule has 7 nitrogen and oxygen atoms in total. The van der Waals surface area contributed by atoms with E-state index in [9.17, 15) is 13.2 Å². The average Bonchev–Trinajstić information content (AvgIpc) is 2.95. The van der Waals surface area contributed by atoms with Crippen LogP contribution in [-0.4, -0.2) is 32.6 Å². The first kappa shape index (κ1) is 29.3. The molecule has 0 bridgehead atoms. The minimum Gasteiger partial charge on any atom is -0.492 e. The van der Waals surface area contributed by atoms with Crippen molar-refractivity contribution in [1.29, 1.82) is 0 Å². The average molecular weight is 639 g/mol. The Morgan fingerprint density at radius 1 is 0.925 bits per heavy atom. The normalized spacial score (nSPS) is 10.9. The fourth-order valence-electron chi connectivity index (χ4n) is 3.94. The molecule has 0 saturated heterocycles. The molecule has 0 fully saturated rings. The van der Waals surface area contributed by atoms with Crippen molar-refractivity contribution in [3.05, 3.63) is 119 Å².